The van der Waals surface area contributed by atoms with E-state index in [4.69, 9.17) is 11.6 Å². The van der Waals surface area contributed by atoms with Crippen molar-refractivity contribution in [2.75, 3.05) is 5.88 Å². The predicted molar refractivity (Wildman–Crippen MR) is 81.0 cm³/mol. The first kappa shape index (κ1) is 13.9. The van der Waals surface area contributed by atoms with Crippen molar-refractivity contribution in [1.82, 2.24) is 9.55 Å². The second-order valence-electron chi connectivity index (χ2n) is 5.82. The molecule has 1 fully saturated rings. The first-order chi connectivity index (χ1) is 9.61. The van der Waals surface area contributed by atoms with Crippen LogP contribution in [0.5, 0.6) is 0 Å². The zero-order valence-electron chi connectivity index (χ0n) is 12.0. The van der Waals surface area contributed by atoms with Gasteiger partial charge in [-0.1, -0.05) is 6.92 Å². The first-order valence-corrected chi connectivity index (χ1v) is 7.88. The summed E-state index contributed by atoms with van der Waals surface area (Å²) in [4.78, 5) is 4.64. The largest absolute Gasteiger partial charge is 0.322 e. The van der Waals surface area contributed by atoms with Gasteiger partial charge in [-0.2, -0.15) is 0 Å². The van der Waals surface area contributed by atoms with Gasteiger partial charge in [-0.15, -0.1) is 11.6 Å². The number of rotatable bonds is 4. The van der Waals surface area contributed by atoms with Crippen LogP contribution in [0, 0.1) is 12.7 Å². The Hall–Kier alpha value is -1.09. The second kappa shape index (κ2) is 5.03. The van der Waals surface area contributed by atoms with E-state index in [1.54, 1.807) is 6.07 Å². The van der Waals surface area contributed by atoms with E-state index in [1.807, 2.05) is 13.0 Å². The third-order valence-corrected chi connectivity index (χ3v) is 4.93. The minimum atomic E-state index is -0.182. The molecule has 0 unspecified atom stereocenters. The molecule has 1 heterocycles. The molecular weight excluding hydrogens is 275 g/mol. The van der Waals surface area contributed by atoms with Crippen molar-refractivity contribution in [2.45, 2.75) is 51.5 Å². The van der Waals surface area contributed by atoms with Crippen LogP contribution in [0.1, 0.15) is 44.0 Å². The lowest BCUT2D eigenvalue weighted by molar-refractivity contribution is 0.137. The van der Waals surface area contributed by atoms with Gasteiger partial charge in [-0.3, -0.25) is 0 Å². The molecule has 2 aromatic rings. The SMILES string of the molecule is CCC1(n2c(CCCl)nc3cc(F)c(C)cc32)CCC1. The minimum Gasteiger partial charge on any atom is -0.322 e. The van der Waals surface area contributed by atoms with E-state index in [2.05, 4.69) is 16.5 Å². The summed E-state index contributed by atoms with van der Waals surface area (Å²) in [7, 11) is 0. The Morgan fingerprint density at radius 2 is 2.15 bits per heavy atom. The van der Waals surface area contributed by atoms with Crippen LogP contribution in [0.15, 0.2) is 12.1 Å². The summed E-state index contributed by atoms with van der Waals surface area (Å²) in [6.45, 7) is 4.04. The molecule has 0 amide bonds. The van der Waals surface area contributed by atoms with Crippen LogP contribution in [0.25, 0.3) is 11.0 Å². The van der Waals surface area contributed by atoms with Crippen molar-refractivity contribution in [3.05, 3.63) is 29.3 Å². The number of alkyl halides is 1. The second-order valence-corrected chi connectivity index (χ2v) is 6.20. The Morgan fingerprint density at radius 3 is 2.70 bits per heavy atom. The van der Waals surface area contributed by atoms with E-state index in [9.17, 15) is 4.39 Å². The fraction of sp³-hybridized carbons (Fsp3) is 0.562. The fourth-order valence-corrected chi connectivity index (χ4v) is 3.52. The zero-order valence-corrected chi connectivity index (χ0v) is 12.8. The van der Waals surface area contributed by atoms with Crippen molar-refractivity contribution >= 4 is 22.6 Å². The van der Waals surface area contributed by atoms with Gasteiger partial charge in [0.25, 0.3) is 0 Å². The molecular formula is C16H20ClFN2. The van der Waals surface area contributed by atoms with Crippen LogP contribution < -0.4 is 0 Å². The minimum absolute atomic E-state index is 0.167. The number of aryl methyl sites for hydroxylation is 2. The molecule has 0 spiro atoms. The maximum Gasteiger partial charge on any atom is 0.128 e. The number of fused-ring (bicyclic) bond motifs is 1. The van der Waals surface area contributed by atoms with Crippen molar-refractivity contribution in [1.29, 1.82) is 0 Å². The topological polar surface area (TPSA) is 17.8 Å². The van der Waals surface area contributed by atoms with Gasteiger partial charge in [-0.25, -0.2) is 9.37 Å². The number of hydrogen-bond acceptors (Lipinski definition) is 1. The normalized spacial score (nSPS) is 17.4. The molecule has 20 heavy (non-hydrogen) atoms. The molecule has 108 valence electrons. The summed E-state index contributed by atoms with van der Waals surface area (Å²) in [6.07, 6.45) is 5.44. The third-order valence-electron chi connectivity index (χ3n) is 4.74. The van der Waals surface area contributed by atoms with Gasteiger partial charge in [0.15, 0.2) is 0 Å². The van der Waals surface area contributed by atoms with Crippen LogP contribution in [-0.4, -0.2) is 15.4 Å². The van der Waals surface area contributed by atoms with E-state index in [-0.39, 0.29) is 11.4 Å². The van der Waals surface area contributed by atoms with Gasteiger partial charge < -0.3 is 4.57 Å². The molecule has 0 aliphatic heterocycles. The summed E-state index contributed by atoms with van der Waals surface area (Å²) in [5.74, 6) is 1.37. The Morgan fingerprint density at radius 1 is 1.40 bits per heavy atom. The van der Waals surface area contributed by atoms with Gasteiger partial charge in [0.1, 0.15) is 11.6 Å². The van der Waals surface area contributed by atoms with Crippen molar-refractivity contribution in [3.63, 3.8) is 0 Å². The summed E-state index contributed by atoms with van der Waals surface area (Å²) in [5, 5.41) is 0. The molecule has 1 aromatic carbocycles. The molecule has 0 saturated heterocycles. The van der Waals surface area contributed by atoms with Crippen molar-refractivity contribution in [2.24, 2.45) is 0 Å². The zero-order chi connectivity index (χ0) is 14.3. The van der Waals surface area contributed by atoms with Gasteiger partial charge in [0.2, 0.25) is 0 Å². The fourth-order valence-electron chi connectivity index (χ4n) is 3.35. The molecule has 0 bridgehead atoms. The molecule has 0 N–H and O–H groups in total. The number of halogens is 2. The number of aromatic nitrogens is 2. The molecule has 1 aliphatic rings. The van der Waals surface area contributed by atoms with Crippen LogP contribution in [0.4, 0.5) is 4.39 Å². The molecule has 3 rings (SSSR count). The maximum absolute atomic E-state index is 13.8. The van der Waals surface area contributed by atoms with Gasteiger partial charge in [-0.05, 0) is 44.2 Å². The highest BCUT2D eigenvalue weighted by Gasteiger charge is 2.39. The first-order valence-electron chi connectivity index (χ1n) is 7.35. The average molecular weight is 295 g/mol. The van der Waals surface area contributed by atoms with E-state index in [1.165, 1.54) is 19.3 Å². The van der Waals surface area contributed by atoms with Gasteiger partial charge >= 0.3 is 0 Å². The lowest BCUT2D eigenvalue weighted by Gasteiger charge is -2.44. The summed E-state index contributed by atoms with van der Waals surface area (Å²) >= 11 is 5.93. The lowest BCUT2D eigenvalue weighted by atomic mass is 9.74. The molecule has 0 radical (unpaired) electrons. The van der Waals surface area contributed by atoms with Crippen molar-refractivity contribution in [3.8, 4) is 0 Å². The smallest absolute Gasteiger partial charge is 0.128 e. The van der Waals surface area contributed by atoms with E-state index in [0.29, 0.717) is 11.4 Å². The molecule has 4 heteroatoms. The maximum atomic E-state index is 13.8. The van der Waals surface area contributed by atoms with E-state index in [0.717, 1.165) is 29.7 Å². The van der Waals surface area contributed by atoms with Gasteiger partial charge in [0, 0.05) is 23.9 Å². The summed E-state index contributed by atoms with van der Waals surface area (Å²) in [5.41, 5.74) is 2.67. The van der Waals surface area contributed by atoms with E-state index >= 15 is 0 Å². The Balaban J connectivity index is 2.26. The Labute approximate surface area is 123 Å². The van der Waals surface area contributed by atoms with E-state index < -0.39 is 0 Å². The van der Waals surface area contributed by atoms with Crippen LogP contribution in [0.3, 0.4) is 0 Å². The standard InChI is InChI=1S/C16H20ClFN2/c1-3-16(6-4-7-16)20-14-9-11(2)12(18)10-13(14)19-15(20)5-8-17/h9-10H,3-8H2,1-2H3. The average Bonchev–Trinajstić information content (AvgIpc) is 2.69. The number of imidazole rings is 1. The lowest BCUT2D eigenvalue weighted by Crippen LogP contribution is -2.41. The number of benzene rings is 1. The molecule has 1 saturated carbocycles. The molecule has 2 nitrogen and oxygen atoms in total. The number of nitrogens with zero attached hydrogens (tertiary/aromatic N) is 2. The van der Waals surface area contributed by atoms with Crippen molar-refractivity contribution < 1.29 is 4.39 Å². The summed E-state index contributed by atoms with van der Waals surface area (Å²) in [6, 6.07) is 3.49. The highest BCUT2D eigenvalue weighted by Crippen LogP contribution is 2.44. The summed E-state index contributed by atoms with van der Waals surface area (Å²) < 4.78 is 16.1. The molecule has 1 aromatic heterocycles. The van der Waals surface area contributed by atoms with Crippen LogP contribution >= 0.6 is 11.6 Å². The quantitative estimate of drug-likeness (QED) is 0.756. The highest BCUT2D eigenvalue weighted by atomic mass is 35.5. The molecule has 1 aliphatic carbocycles. The van der Waals surface area contributed by atoms with Gasteiger partial charge in [0.05, 0.1) is 11.0 Å². The third kappa shape index (κ3) is 1.95. The highest BCUT2D eigenvalue weighted by molar-refractivity contribution is 6.17. The number of hydrogen-bond donors (Lipinski definition) is 0. The predicted octanol–water partition coefficient (Wildman–Crippen LogP) is 4.55. The molecule has 0 atom stereocenters. The Bertz CT molecular complexity index is 638. The monoisotopic (exact) mass is 294 g/mol. The Kier molecular flexibility index (Phi) is 3.49. The van der Waals surface area contributed by atoms with Crippen LogP contribution in [0.2, 0.25) is 0 Å². The van der Waals surface area contributed by atoms with Crippen LogP contribution in [-0.2, 0) is 12.0 Å².